The Morgan fingerprint density at radius 2 is 1.42 bits per heavy atom. The van der Waals surface area contributed by atoms with E-state index in [2.05, 4.69) is 41.8 Å². The van der Waals surface area contributed by atoms with Gasteiger partial charge in [0, 0.05) is 26.7 Å². The van der Waals surface area contributed by atoms with Crippen LogP contribution in [0.5, 0.6) is 0 Å². The average molecular weight is 288 g/mol. The van der Waals surface area contributed by atoms with E-state index < -0.39 is 0 Å². The minimum absolute atomic E-state index is 0.765. The van der Waals surface area contributed by atoms with Crippen molar-refractivity contribution in [1.82, 2.24) is 9.97 Å². The van der Waals surface area contributed by atoms with Crippen LogP contribution in [0.2, 0.25) is 0 Å². The van der Waals surface area contributed by atoms with Gasteiger partial charge in [0.05, 0.1) is 0 Å². The first-order valence-electron chi connectivity index (χ1n) is 3.32. The quantitative estimate of drug-likeness (QED) is 0.744. The summed E-state index contributed by atoms with van der Waals surface area (Å²) in [7, 11) is 0. The molecule has 2 rings (SSSR count). The zero-order valence-electron chi connectivity index (χ0n) is 5.96. The number of nitrogens with zero attached hydrogens (tertiary/aromatic N) is 2. The van der Waals surface area contributed by atoms with Crippen molar-refractivity contribution in [3.05, 3.63) is 33.5 Å². The van der Waals surface area contributed by atoms with Crippen LogP contribution in [0.25, 0.3) is 11.0 Å². The zero-order chi connectivity index (χ0) is 8.55. The Labute approximate surface area is 86.3 Å². The Balaban J connectivity index is 2.80. The van der Waals surface area contributed by atoms with Gasteiger partial charge in [-0.25, -0.2) is 9.97 Å². The van der Waals surface area contributed by atoms with Crippen LogP contribution in [0.3, 0.4) is 0 Å². The van der Waals surface area contributed by atoms with Gasteiger partial charge in [0.1, 0.15) is 0 Å². The lowest BCUT2D eigenvalue weighted by Gasteiger charge is -1.96. The van der Waals surface area contributed by atoms with E-state index in [-0.39, 0.29) is 0 Å². The number of hydrogen-bond donors (Lipinski definition) is 0. The standard InChI is InChI=1S/C8H4Br2N2/c9-6-1-5-2-7(10)4-12-8(5)11-3-6/h1-4H. The van der Waals surface area contributed by atoms with Crippen LogP contribution < -0.4 is 0 Å². The zero-order valence-corrected chi connectivity index (χ0v) is 9.13. The molecule has 0 bridgehead atoms. The molecule has 0 radical (unpaired) electrons. The molecule has 2 heterocycles. The highest BCUT2D eigenvalue weighted by Crippen LogP contribution is 2.18. The smallest absolute Gasteiger partial charge is 0.159 e. The Bertz CT molecular complexity index is 392. The molecule has 0 amide bonds. The highest BCUT2D eigenvalue weighted by Gasteiger charge is 1.97. The molecule has 0 N–H and O–H groups in total. The van der Waals surface area contributed by atoms with Gasteiger partial charge >= 0.3 is 0 Å². The highest BCUT2D eigenvalue weighted by molar-refractivity contribution is 9.10. The number of fused-ring (bicyclic) bond motifs is 1. The fourth-order valence-corrected chi connectivity index (χ4v) is 1.67. The summed E-state index contributed by atoms with van der Waals surface area (Å²) in [6.07, 6.45) is 3.48. The van der Waals surface area contributed by atoms with E-state index in [1.165, 1.54) is 0 Å². The van der Waals surface area contributed by atoms with Crippen LogP contribution in [-0.2, 0) is 0 Å². The number of hydrogen-bond acceptors (Lipinski definition) is 2. The monoisotopic (exact) mass is 286 g/mol. The predicted octanol–water partition coefficient (Wildman–Crippen LogP) is 3.15. The largest absolute Gasteiger partial charge is 0.235 e. The van der Waals surface area contributed by atoms with E-state index in [9.17, 15) is 0 Å². The van der Waals surface area contributed by atoms with Gasteiger partial charge in [0.15, 0.2) is 5.65 Å². The molecule has 0 aliphatic carbocycles. The molecule has 0 fully saturated rings. The summed E-state index contributed by atoms with van der Waals surface area (Å²) in [5.74, 6) is 0. The Kier molecular flexibility index (Phi) is 2.11. The van der Waals surface area contributed by atoms with Crippen LogP contribution in [0, 0.1) is 0 Å². The summed E-state index contributed by atoms with van der Waals surface area (Å²) < 4.78 is 1.94. The summed E-state index contributed by atoms with van der Waals surface area (Å²) in [5, 5.41) is 1.03. The fourth-order valence-electron chi connectivity index (χ4n) is 0.970. The topological polar surface area (TPSA) is 25.8 Å². The number of aromatic nitrogens is 2. The van der Waals surface area contributed by atoms with Gasteiger partial charge in [-0.1, -0.05) is 0 Å². The van der Waals surface area contributed by atoms with Crippen LogP contribution >= 0.6 is 31.9 Å². The first-order valence-corrected chi connectivity index (χ1v) is 4.91. The van der Waals surface area contributed by atoms with Crippen LogP contribution in [0.1, 0.15) is 0 Å². The van der Waals surface area contributed by atoms with E-state index in [4.69, 9.17) is 0 Å². The molecule has 2 aromatic heterocycles. The second-order valence-corrected chi connectivity index (χ2v) is 4.19. The molecule has 0 aromatic carbocycles. The van der Waals surface area contributed by atoms with Crippen LogP contribution in [-0.4, -0.2) is 9.97 Å². The van der Waals surface area contributed by atoms with Crippen molar-refractivity contribution in [3.63, 3.8) is 0 Å². The van der Waals surface area contributed by atoms with Gasteiger partial charge in [-0.2, -0.15) is 0 Å². The minimum Gasteiger partial charge on any atom is -0.235 e. The average Bonchev–Trinajstić information content (AvgIpc) is 2.03. The summed E-state index contributed by atoms with van der Waals surface area (Å²) in [6, 6.07) is 3.97. The van der Waals surface area contributed by atoms with E-state index >= 15 is 0 Å². The molecule has 4 heteroatoms. The highest BCUT2D eigenvalue weighted by atomic mass is 79.9. The van der Waals surface area contributed by atoms with E-state index in [1.807, 2.05) is 12.1 Å². The third kappa shape index (κ3) is 1.49. The second-order valence-electron chi connectivity index (χ2n) is 2.35. The van der Waals surface area contributed by atoms with Crippen molar-refractivity contribution in [3.8, 4) is 0 Å². The van der Waals surface area contributed by atoms with E-state index in [0.29, 0.717) is 0 Å². The molecule has 0 atom stereocenters. The molecule has 0 spiro atoms. The summed E-state index contributed by atoms with van der Waals surface area (Å²) in [5.41, 5.74) is 0.765. The molecule has 60 valence electrons. The third-order valence-corrected chi connectivity index (χ3v) is 2.33. The van der Waals surface area contributed by atoms with Crippen molar-refractivity contribution in [2.24, 2.45) is 0 Å². The lowest BCUT2D eigenvalue weighted by atomic mass is 10.3. The summed E-state index contributed by atoms with van der Waals surface area (Å²) in [6.45, 7) is 0. The Hall–Kier alpha value is -0.480. The molecular weight excluding hydrogens is 284 g/mol. The lowest BCUT2D eigenvalue weighted by molar-refractivity contribution is 1.27. The molecule has 0 aliphatic rings. The molecule has 2 aromatic rings. The van der Waals surface area contributed by atoms with Gasteiger partial charge in [-0.05, 0) is 44.0 Å². The van der Waals surface area contributed by atoms with Crippen LogP contribution in [0.15, 0.2) is 33.5 Å². The minimum atomic E-state index is 0.765. The van der Waals surface area contributed by atoms with Gasteiger partial charge in [-0.15, -0.1) is 0 Å². The maximum absolute atomic E-state index is 4.14. The maximum atomic E-state index is 4.14. The van der Waals surface area contributed by atoms with Crippen molar-refractivity contribution >= 4 is 42.9 Å². The molecular formula is C8H4Br2N2. The first-order chi connectivity index (χ1) is 5.75. The first kappa shape index (κ1) is 8.13. The molecule has 2 nitrogen and oxygen atoms in total. The lowest BCUT2D eigenvalue weighted by Crippen LogP contribution is -1.82. The Morgan fingerprint density at radius 1 is 0.917 bits per heavy atom. The number of rotatable bonds is 0. The van der Waals surface area contributed by atoms with Crippen molar-refractivity contribution < 1.29 is 0 Å². The summed E-state index contributed by atoms with van der Waals surface area (Å²) >= 11 is 6.70. The molecule has 12 heavy (non-hydrogen) atoms. The Morgan fingerprint density at radius 3 is 1.92 bits per heavy atom. The third-order valence-electron chi connectivity index (χ3n) is 1.47. The van der Waals surface area contributed by atoms with Gasteiger partial charge in [0.2, 0.25) is 0 Å². The van der Waals surface area contributed by atoms with Gasteiger partial charge in [0.25, 0.3) is 0 Å². The molecule has 0 saturated heterocycles. The van der Waals surface area contributed by atoms with Crippen molar-refractivity contribution in [1.29, 1.82) is 0 Å². The number of halogens is 2. The molecule has 0 saturated carbocycles. The predicted molar refractivity (Wildman–Crippen MR) is 54.9 cm³/mol. The van der Waals surface area contributed by atoms with E-state index in [0.717, 1.165) is 20.0 Å². The SMILES string of the molecule is Brc1cnc2ncc(Br)cc2c1. The van der Waals surface area contributed by atoms with Crippen molar-refractivity contribution in [2.75, 3.05) is 0 Å². The van der Waals surface area contributed by atoms with E-state index in [1.54, 1.807) is 12.4 Å². The van der Waals surface area contributed by atoms with Gasteiger partial charge in [-0.3, -0.25) is 0 Å². The van der Waals surface area contributed by atoms with Crippen LogP contribution in [0.4, 0.5) is 0 Å². The summed E-state index contributed by atoms with van der Waals surface area (Å²) in [4.78, 5) is 8.29. The number of pyridine rings is 2. The molecule has 0 aliphatic heterocycles. The van der Waals surface area contributed by atoms with Gasteiger partial charge < -0.3 is 0 Å². The normalized spacial score (nSPS) is 10.5. The van der Waals surface area contributed by atoms with Crippen molar-refractivity contribution in [2.45, 2.75) is 0 Å². The molecule has 0 unspecified atom stereocenters. The maximum Gasteiger partial charge on any atom is 0.159 e. The second kappa shape index (κ2) is 3.11. The fraction of sp³-hybridized carbons (Fsp3) is 0.